The van der Waals surface area contributed by atoms with Crippen molar-refractivity contribution in [3.63, 3.8) is 0 Å². The Hall–Kier alpha value is -2.75. The Morgan fingerprint density at radius 2 is 1.94 bits per heavy atom. The molecule has 0 unspecified atom stereocenters. The third-order valence-electron chi connectivity index (χ3n) is 1.64. The van der Waals surface area contributed by atoms with E-state index in [-0.39, 0.29) is 23.0 Å². The number of nitrogens with two attached hydrogens (primary N) is 2. The van der Waals surface area contributed by atoms with Crippen molar-refractivity contribution in [1.29, 1.82) is 5.26 Å². The number of nitrogens with zero attached hydrogens (tertiary/aromatic N) is 3. The molecule has 0 aromatic heterocycles. The lowest BCUT2D eigenvalue weighted by Gasteiger charge is -2.02. The predicted octanol–water partition coefficient (Wildman–Crippen LogP) is -0.401. The summed E-state index contributed by atoms with van der Waals surface area (Å²) in [6.45, 7) is 0. The molecule has 82 valence electrons. The summed E-state index contributed by atoms with van der Waals surface area (Å²) in [7, 11) is 0. The van der Waals surface area contributed by atoms with Crippen molar-refractivity contribution >= 4 is 11.7 Å². The molecule has 1 aromatic carbocycles. The zero-order chi connectivity index (χ0) is 12.1. The Kier molecular flexibility index (Phi) is 3.29. The summed E-state index contributed by atoms with van der Waals surface area (Å²) < 4.78 is 0. The summed E-state index contributed by atoms with van der Waals surface area (Å²) in [4.78, 5) is 0. The summed E-state index contributed by atoms with van der Waals surface area (Å²) >= 11 is 0. The molecule has 0 saturated carbocycles. The molecular formula is C9H9N5O2. The van der Waals surface area contributed by atoms with E-state index in [9.17, 15) is 10.2 Å². The summed E-state index contributed by atoms with van der Waals surface area (Å²) in [5.74, 6) is -1.12. The van der Waals surface area contributed by atoms with Gasteiger partial charge in [0.1, 0.15) is 6.07 Å². The molecule has 0 radical (unpaired) electrons. The van der Waals surface area contributed by atoms with Crippen LogP contribution >= 0.6 is 0 Å². The van der Waals surface area contributed by atoms with Gasteiger partial charge in [-0.3, -0.25) is 0 Å². The largest absolute Gasteiger partial charge is 0.504 e. The van der Waals surface area contributed by atoms with E-state index >= 15 is 0 Å². The fourth-order valence-electron chi connectivity index (χ4n) is 0.967. The van der Waals surface area contributed by atoms with Gasteiger partial charge in [-0.2, -0.15) is 5.26 Å². The number of phenolic OH excluding ortho intramolecular Hbond substituents is 2. The van der Waals surface area contributed by atoms with E-state index in [1.807, 2.05) is 0 Å². The van der Waals surface area contributed by atoms with Gasteiger partial charge in [0, 0.05) is 0 Å². The minimum atomic E-state index is -0.450. The summed E-state index contributed by atoms with van der Waals surface area (Å²) in [5.41, 5.74) is 9.92. The lowest BCUT2D eigenvalue weighted by Crippen LogP contribution is -2.22. The maximum Gasteiger partial charge on any atom is 0.211 e. The maximum atomic E-state index is 9.47. The van der Waals surface area contributed by atoms with Crippen LogP contribution in [0.3, 0.4) is 0 Å². The molecule has 0 bridgehead atoms. The minimum absolute atomic E-state index is 0.0486. The second-order valence-corrected chi connectivity index (χ2v) is 2.76. The normalized spacial score (nSPS) is 10.6. The highest BCUT2D eigenvalue weighted by Gasteiger charge is 2.11. The van der Waals surface area contributed by atoms with Crippen LogP contribution in [0.4, 0.5) is 0 Å². The second-order valence-electron chi connectivity index (χ2n) is 2.76. The molecule has 0 fully saturated rings. The summed E-state index contributed by atoms with van der Waals surface area (Å²) in [6, 6.07) is 5.83. The Balaban J connectivity index is 3.26. The third kappa shape index (κ3) is 2.39. The van der Waals surface area contributed by atoms with Crippen molar-refractivity contribution in [3.8, 4) is 17.6 Å². The smallest absolute Gasteiger partial charge is 0.211 e. The van der Waals surface area contributed by atoms with Gasteiger partial charge in [0.25, 0.3) is 0 Å². The van der Waals surface area contributed by atoms with Crippen molar-refractivity contribution in [2.45, 2.75) is 0 Å². The van der Waals surface area contributed by atoms with Crippen LogP contribution in [0.1, 0.15) is 5.56 Å². The number of phenols is 2. The Morgan fingerprint density at radius 1 is 1.25 bits per heavy atom. The molecular weight excluding hydrogens is 210 g/mol. The molecule has 0 aliphatic heterocycles. The quantitative estimate of drug-likeness (QED) is 0.232. The average Bonchev–Trinajstić information content (AvgIpc) is 2.24. The average molecular weight is 219 g/mol. The van der Waals surface area contributed by atoms with Crippen LogP contribution in [0, 0.1) is 11.3 Å². The molecule has 1 rings (SSSR count). The molecule has 6 N–H and O–H groups in total. The SMILES string of the molecule is N#C/C(=N\N=C(N)N)c1cccc(O)c1O. The fourth-order valence-corrected chi connectivity index (χ4v) is 0.967. The highest BCUT2D eigenvalue weighted by molar-refractivity contribution is 6.13. The van der Waals surface area contributed by atoms with Gasteiger partial charge in [-0.15, -0.1) is 10.2 Å². The number of hydrogen-bond donors (Lipinski definition) is 4. The van der Waals surface area contributed by atoms with E-state index in [0.29, 0.717) is 0 Å². The van der Waals surface area contributed by atoms with E-state index in [1.54, 1.807) is 6.07 Å². The highest BCUT2D eigenvalue weighted by Crippen LogP contribution is 2.28. The van der Waals surface area contributed by atoms with E-state index in [1.165, 1.54) is 18.2 Å². The molecule has 7 heteroatoms. The van der Waals surface area contributed by atoms with Crippen molar-refractivity contribution in [3.05, 3.63) is 23.8 Å². The molecule has 7 nitrogen and oxygen atoms in total. The molecule has 0 aliphatic rings. The topological polar surface area (TPSA) is 141 Å². The Labute approximate surface area is 90.9 Å². The second kappa shape index (κ2) is 4.65. The van der Waals surface area contributed by atoms with Crippen LogP contribution in [-0.2, 0) is 0 Å². The monoisotopic (exact) mass is 219 g/mol. The van der Waals surface area contributed by atoms with Crippen molar-refractivity contribution in [1.82, 2.24) is 0 Å². The van der Waals surface area contributed by atoms with E-state index in [2.05, 4.69) is 10.2 Å². The van der Waals surface area contributed by atoms with Crippen LogP contribution in [0.15, 0.2) is 28.4 Å². The number of rotatable bonds is 2. The highest BCUT2D eigenvalue weighted by atomic mass is 16.3. The first-order valence-electron chi connectivity index (χ1n) is 4.14. The zero-order valence-electron chi connectivity index (χ0n) is 8.12. The first-order valence-corrected chi connectivity index (χ1v) is 4.14. The number of para-hydroxylation sites is 1. The van der Waals surface area contributed by atoms with Gasteiger partial charge in [-0.25, -0.2) is 0 Å². The lowest BCUT2D eigenvalue weighted by atomic mass is 10.1. The first-order chi connectivity index (χ1) is 7.56. The third-order valence-corrected chi connectivity index (χ3v) is 1.64. The molecule has 0 heterocycles. The Morgan fingerprint density at radius 3 is 2.50 bits per heavy atom. The molecule has 1 aromatic rings. The van der Waals surface area contributed by atoms with Gasteiger partial charge in [0.15, 0.2) is 17.2 Å². The Bertz CT molecular complexity index is 497. The number of nitriles is 1. The predicted molar refractivity (Wildman–Crippen MR) is 57.7 cm³/mol. The molecule has 0 spiro atoms. The van der Waals surface area contributed by atoms with Gasteiger partial charge < -0.3 is 21.7 Å². The molecule has 16 heavy (non-hydrogen) atoms. The lowest BCUT2D eigenvalue weighted by molar-refractivity contribution is 0.403. The van der Waals surface area contributed by atoms with E-state index < -0.39 is 5.75 Å². The van der Waals surface area contributed by atoms with Crippen LogP contribution < -0.4 is 11.5 Å². The molecule has 0 saturated heterocycles. The molecule has 0 aliphatic carbocycles. The number of hydrogen-bond acceptors (Lipinski definition) is 5. The fraction of sp³-hybridized carbons (Fsp3) is 0. The van der Waals surface area contributed by atoms with Crippen LogP contribution in [0.5, 0.6) is 11.5 Å². The van der Waals surface area contributed by atoms with Gasteiger partial charge in [0.2, 0.25) is 5.96 Å². The van der Waals surface area contributed by atoms with Gasteiger partial charge in [0.05, 0.1) is 5.56 Å². The van der Waals surface area contributed by atoms with Crippen molar-refractivity contribution in [2.24, 2.45) is 21.7 Å². The number of aromatic hydroxyl groups is 2. The zero-order valence-corrected chi connectivity index (χ0v) is 8.12. The van der Waals surface area contributed by atoms with Crippen molar-refractivity contribution < 1.29 is 10.2 Å². The summed E-state index contributed by atoms with van der Waals surface area (Å²) in [6.07, 6.45) is 0. The maximum absolute atomic E-state index is 9.47. The number of benzene rings is 1. The molecule has 0 atom stereocenters. The van der Waals surface area contributed by atoms with Crippen LogP contribution in [0.2, 0.25) is 0 Å². The molecule has 0 amide bonds. The van der Waals surface area contributed by atoms with E-state index in [0.717, 1.165) is 0 Å². The van der Waals surface area contributed by atoms with Gasteiger partial charge >= 0.3 is 0 Å². The first kappa shape index (κ1) is 11.3. The van der Waals surface area contributed by atoms with Crippen LogP contribution in [0.25, 0.3) is 0 Å². The van der Waals surface area contributed by atoms with Crippen LogP contribution in [-0.4, -0.2) is 21.9 Å². The van der Waals surface area contributed by atoms with Crippen molar-refractivity contribution in [2.75, 3.05) is 0 Å². The van der Waals surface area contributed by atoms with E-state index in [4.69, 9.17) is 16.7 Å². The van der Waals surface area contributed by atoms with Gasteiger partial charge in [-0.05, 0) is 12.1 Å². The summed E-state index contributed by atoms with van der Waals surface area (Å²) in [5, 5.41) is 34.2. The minimum Gasteiger partial charge on any atom is -0.504 e. The number of guanidine groups is 1. The standard InChI is InChI=1S/C9H9N5O2/c10-4-6(13-14-9(11)12)5-2-1-3-7(15)8(5)16/h1-3,15-16H,(H4,11,12,14)/b13-6+. The van der Waals surface area contributed by atoms with Gasteiger partial charge in [-0.1, -0.05) is 6.07 Å².